The van der Waals surface area contributed by atoms with Gasteiger partial charge in [-0.3, -0.25) is 4.68 Å². The molecule has 0 radical (unpaired) electrons. The van der Waals surface area contributed by atoms with Crippen LogP contribution in [0.15, 0.2) is 31.2 Å². The summed E-state index contributed by atoms with van der Waals surface area (Å²) in [5, 5.41) is 12.2. The minimum Gasteiger partial charge on any atom is -0.375 e. The number of aryl methyl sites for hydroxylation is 2. The molecule has 1 aliphatic rings. The molecule has 1 N–H and O–H groups in total. The highest BCUT2D eigenvalue weighted by Gasteiger charge is 2.39. The summed E-state index contributed by atoms with van der Waals surface area (Å²) in [5.74, 6) is -2.09. The highest BCUT2D eigenvalue weighted by atomic mass is 19.3. The first-order valence-corrected chi connectivity index (χ1v) is 9.90. The third-order valence-corrected chi connectivity index (χ3v) is 5.53. The van der Waals surface area contributed by atoms with E-state index in [1.165, 1.54) is 0 Å². The average molecular weight is 401 g/mol. The number of aromatic nitrogens is 6. The van der Waals surface area contributed by atoms with Crippen LogP contribution < -0.4 is 5.32 Å². The van der Waals surface area contributed by atoms with Crippen molar-refractivity contribution in [1.82, 2.24) is 34.7 Å². The Labute approximate surface area is 167 Å². The predicted molar refractivity (Wildman–Crippen MR) is 105 cm³/mol. The highest BCUT2D eigenvalue weighted by molar-refractivity contribution is 5.59. The Bertz CT molecular complexity index is 1010. The lowest BCUT2D eigenvalue weighted by Gasteiger charge is -2.34. The van der Waals surface area contributed by atoms with Gasteiger partial charge in [-0.2, -0.15) is 10.2 Å². The molecule has 3 aromatic heterocycles. The molecule has 1 unspecified atom stereocenters. The average Bonchev–Trinajstić information content (AvgIpc) is 3.32. The van der Waals surface area contributed by atoms with E-state index >= 15 is 0 Å². The van der Waals surface area contributed by atoms with Crippen LogP contribution >= 0.6 is 0 Å². The normalized spacial score (nSPS) is 18.1. The van der Waals surface area contributed by atoms with Crippen LogP contribution in [0.4, 0.5) is 8.78 Å². The summed E-state index contributed by atoms with van der Waals surface area (Å²) in [6.45, 7) is 8.76. The molecule has 3 aromatic rings. The summed E-state index contributed by atoms with van der Waals surface area (Å²) < 4.78 is 31.0. The van der Waals surface area contributed by atoms with Crippen LogP contribution in [0.3, 0.4) is 0 Å². The Morgan fingerprint density at radius 3 is 2.86 bits per heavy atom. The van der Waals surface area contributed by atoms with Crippen molar-refractivity contribution < 1.29 is 8.78 Å². The van der Waals surface area contributed by atoms with Crippen LogP contribution in [-0.4, -0.2) is 35.3 Å². The monoisotopic (exact) mass is 401 g/mol. The van der Waals surface area contributed by atoms with Crippen molar-refractivity contribution in [2.24, 2.45) is 5.92 Å². The second-order valence-corrected chi connectivity index (χ2v) is 7.64. The van der Waals surface area contributed by atoms with Gasteiger partial charge < -0.3 is 5.32 Å². The number of halogens is 2. The van der Waals surface area contributed by atoms with Crippen LogP contribution in [0.2, 0.25) is 0 Å². The maximum absolute atomic E-state index is 13.8. The second kappa shape index (κ2) is 7.53. The van der Waals surface area contributed by atoms with Gasteiger partial charge in [0, 0.05) is 25.6 Å². The van der Waals surface area contributed by atoms with Gasteiger partial charge in [-0.15, -0.1) is 0 Å². The Kier molecular flexibility index (Phi) is 5.06. The fourth-order valence-electron chi connectivity index (χ4n) is 3.97. The molecule has 0 amide bonds. The van der Waals surface area contributed by atoms with Crippen LogP contribution in [-0.2, 0) is 6.54 Å². The molecule has 0 aliphatic heterocycles. The summed E-state index contributed by atoms with van der Waals surface area (Å²) in [6, 6.07) is 1.63. The number of hydrogen-bond donors (Lipinski definition) is 1. The van der Waals surface area contributed by atoms with Crippen LogP contribution in [0.5, 0.6) is 0 Å². The Balaban J connectivity index is 1.65. The van der Waals surface area contributed by atoms with Crippen molar-refractivity contribution in [2.45, 2.75) is 58.0 Å². The first-order chi connectivity index (χ1) is 13.9. The zero-order valence-corrected chi connectivity index (χ0v) is 16.6. The number of nitrogens with one attached hydrogen (secondary N) is 1. The molecule has 1 saturated carbocycles. The highest BCUT2D eigenvalue weighted by Crippen LogP contribution is 2.41. The van der Waals surface area contributed by atoms with E-state index in [4.69, 9.17) is 0 Å². The van der Waals surface area contributed by atoms with Gasteiger partial charge in [0.15, 0.2) is 0 Å². The SMILES string of the molecule is C=C(NC(c1cn2nc(C)cnc2n1)C1CCC(F)(F)CC1)c1ccnn1CC. The topological polar surface area (TPSA) is 72.9 Å². The molecule has 29 heavy (non-hydrogen) atoms. The molecule has 1 aliphatic carbocycles. The molecule has 1 fully saturated rings. The van der Waals surface area contributed by atoms with Gasteiger partial charge in [0.05, 0.1) is 41.2 Å². The zero-order valence-electron chi connectivity index (χ0n) is 16.6. The number of imidazole rings is 1. The molecule has 0 spiro atoms. The van der Waals surface area contributed by atoms with Gasteiger partial charge in [0.1, 0.15) is 0 Å². The number of nitrogens with zero attached hydrogens (tertiary/aromatic N) is 6. The van der Waals surface area contributed by atoms with Gasteiger partial charge >= 0.3 is 0 Å². The van der Waals surface area contributed by atoms with Gasteiger partial charge in [0.25, 0.3) is 5.78 Å². The third-order valence-electron chi connectivity index (χ3n) is 5.53. The van der Waals surface area contributed by atoms with E-state index in [0.29, 0.717) is 30.9 Å². The second-order valence-electron chi connectivity index (χ2n) is 7.64. The Hall–Kier alpha value is -2.84. The third kappa shape index (κ3) is 3.99. The van der Waals surface area contributed by atoms with E-state index in [0.717, 1.165) is 17.1 Å². The summed E-state index contributed by atoms with van der Waals surface area (Å²) in [7, 11) is 0. The smallest absolute Gasteiger partial charge is 0.250 e. The van der Waals surface area contributed by atoms with E-state index in [1.54, 1.807) is 16.9 Å². The Morgan fingerprint density at radius 2 is 2.14 bits per heavy atom. The van der Waals surface area contributed by atoms with Crippen molar-refractivity contribution in [3.8, 4) is 0 Å². The van der Waals surface area contributed by atoms with E-state index < -0.39 is 5.92 Å². The summed E-state index contributed by atoms with van der Waals surface area (Å²) in [6.07, 6.45) is 5.82. The number of fused-ring (bicyclic) bond motifs is 1. The van der Waals surface area contributed by atoms with Crippen molar-refractivity contribution in [2.75, 3.05) is 0 Å². The van der Waals surface area contributed by atoms with Gasteiger partial charge in [-0.05, 0) is 38.7 Å². The van der Waals surface area contributed by atoms with Gasteiger partial charge in [-0.25, -0.2) is 23.3 Å². The van der Waals surface area contributed by atoms with E-state index in [1.807, 2.05) is 30.8 Å². The van der Waals surface area contributed by atoms with Crippen LogP contribution in [0.1, 0.15) is 55.7 Å². The van der Waals surface area contributed by atoms with Gasteiger partial charge in [0.2, 0.25) is 5.92 Å². The maximum Gasteiger partial charge on any atom is 0.250 e. The molecule has 3 heterocycles. The van der Waals surface area contributed by atoms with Crippen LogP contribution in [0, 0.1) is 12.8 Å². The minimum absolute atomic E-state index is 0.00961. The number of alkyl halides is 2. The van der Waals surface area contributed by atoms with Crippen LogP contribution in [0.25, 0.3) is 11.5 Å². The lowest BCUT2D eigenvalue weighted by Crippen LogP contribution is -2.34. The molecule has 4 rings (SSSR count). The van der Waals surface area contributed by atoms with Crippen molar-refractivity contribution in [1.29, 1.82) is 0 Å². The zero-order chi connectivity index (χ0) is 20.6. The molecule has 154 valence electrons. The molecular weight excluding hydrogens is 376 g/mol. The lowest BCUT2D eigenvalue weighted by atomic mass is 9.81. The molecule has 0 saturated heterocycles. The fraction of sp³-hybridized carbons (Fsp3) is 0.500. The largest absolute Gasteiger partial charge is 0.375 e. The molecule has 7 nitrogen and oxygen atoms in total. The first kappa shape index (κ1) is 19.5. The first-order valence-electron chi connectivity index (χ1n) is 9.90. The quantitative estimate of drug-likeness (QED) is 0.681. The lowest BCUT2D eigenvalue weighted by molar-refractivity contribution is -0.0493. The number of rotatable bonds is 6. The molecule has 1 atom stereocenters. The van der Waals surface area contributed by atoms with E-state index in [-0.39, 0.29) is 24.8 Å². The van der Waals surface area contributed by atoms with Gasteiger partial charge in [-0.1, -0.05) is 6.58 Å². The summed E-state index contributed by atoms with van der Waals surface area (Å²) >= 11 is 0. The summed E-state index contributed by atoms with van der Waals surface area (Å²) in [5.41, 5.74) is 3.07. The molecule has 0 aromatic carbocycles. The molecule has 9 heteroatoms. The van der Waals surface area contributed by atoms with E-state index in [9.17, 15) is 8.78 Å². The Morgan fingerprint density at radius 1 is 1.38 bits per heavy atom. The molecular formula is C20H25F2N7. The van der Waals surface area contributed by atoms with Crippen molar-refractivity contribution in [3.63, 3.8) is 0 Å². The number of hydrogen-bond acceptors (Lipinski definition) is 5. The van der Waals surface area contributed by atoms with Crippen molar-refractivity contribution in [3.05, 3.63) is 48.3 Å². The minimum atomic E-state index is -2.59. The summed E-state index contributed by atoms with van der Waals surface area (Å²) in [4.78, 5) is 8.93. The maximum atomic E-state index is 13.8. The predicted octanol–water partition coefficient (Wildman–Crippen LogP) is 3.78. The standard InChI is InChI=1S/C20H25F2N7/c1-4-28-17(7-10-24-28)14(3)25-18(15-5-8-20(21,22)9-6-15)16-12-29-19(26-16)23-11-13(2)27-29/h7,10-12,15,18,25H,3-6,8-9H2,1-2H3. The fourth-order valence-corrected chi connectivity index (χ4v) is 3.97. The van der Waals surface area contributed by atoms with E-state index in [2.05, 4.69) is 32.1 Å². The molecule has 0 bridgehead atoms. The van der Waals surface area contributed by atoms with Crippen molar-refractivity contribution >= 4 is 11.5 Å².